The zero-order valence-corrected chi connectivity index (χ0v) is 12.8. The molecule has 0 atom stereocenters. The fraction of sp³-hybridized carbons (Fsp3) is 0.500. The van der Waals surface area contributed by atoms with Gasteiger partial charge in [0, 0.05) is 20.2 Å². The first-order chi connectivity index (χ1) is 9.65. The summed E-state index contributed by atoms with van der Waals surface area (Å²) in [5.74, 6) is 1.12. The molecular weight excluding hydrogens is 282 g/mol. The third-order valence-electron chi connectivity index (χ3n) is 2.85. The number of amides is 1. The van der Waals surface area contributed by atoms with Crippen LogP contribution in [0, 0.1) is 0 Å². The van der Waals surface area contributed by atoms with E-state index in [2.05, 4.69) is 0 Å². The van der Waals surface area contributed by atoms with Crippen molar-refractivity contribution in [1.29, 1.82) is 0 Å². The van der Waals surface area contributed by atoms with Gasteiger partial charge in [-0.15, -0.1) is 11.6 Å². The first kappa shape index (κ1) is 16.6. The molecule has 0 bridgehead atoms. The van der Waals surface area contributed by atoms with E-state index in [1.165, 1.54) is 0 Å². The SMILES string of the molecule is COCCN(Cc1ccc(OC)c(OC)c1)C(=O)CCl. The van der Waals surface area contributed by atoms with Crippen molar-refractivity contribution in [2.45, 2.75) is 6.54 Å². The number of rotatable bonds is 8. The van der Waals surface area contributed by atoms with Crippen LogP contribution in [0.3, 0.4) is 0 Å². The number of hydrogen-bond acceptors (Lipinski definition) is 4. The monoisotopic (exact) mass is 301 g/mol. The molecular formula is C14H20ClNO4. The summed E-state index contributed by atoms with van der Waals surface area (Å²) in [6.07, 6.45) is 0. The molecule has 0 saturated carbocycles. The van der Waals surface area contributed by atoms with Crippen molar-refractivity contribution < 1.29 is 19.0 Å². The van der Waals surface area contributed by atoms with Gasteiger partial charge in [0.25, 0.3) is 0 Å². The lowest BCUT2D eigenvalue weighted by Gasteiger charge is -2.22. The van der Waals surface area contributed by atoms with Crippen molar-refractivity contribution in [2.24, 2.45) is 0 Å². The number of benzene rings is 1. The lowest BCUT2D eigenvalue weighted by molar-refractivity contribution is -0.129. The molecule has 1 aromatic carbocycles. The Hall–Kier alpha value is -1.46. The smallest absolute Gasteiger partial charge is 0.237 e. The number of carbonyl (C=O) groups is 1. The highest BCUT2D eigenvalue weighted by molar-refractivity contribution is 6.27. The summed E-state index contributed by atoms with van der Waals surface area (Å²) < 4.78 is 15.4. The van der Waals surface area contributed by atoms with E-state index >= 15 is 0 Å². The Morgan fingerprint density at radius 1 is 1.20 bits per heavy atom. The summed E-state index contributed by atoms with van der Waals surface area (Å²) in [5.41, 5.74) is 0.942. The highest BCUT2D eigenvalue weighted by Gasteiger charge is 2.14. The molecule has 0 fully saturated rings. The fourth-order valence-electron chi connectivity index (χ4n) is 1.78. The normalized spacial score (nSPS) is 10.2. The van der Waals surface area contributed by atoms with Crippen LogP contribution in [0.1, 0.15) is 5.56 Å². The zero-order valence-electron chi connectivity index (χ0n) is 12.0. The van der Waals surface area contributed by atoms with Crippen molar-refractivity contribution in [2.75, 3.05) is 40.4 Å². The van der Waals surface area contributed by atoms with Crippen molar-refractivity contribution >= 4 is 17.5 Å². The van der Waals surface area contributed by atoms with Gasteiger partial charge in [-0.05, 0) is 17.7 Å². The average molecular weight is 302 g/mol. The number of halogens is 1. The summed E-state index contributed by atoms with van der Waals surface area (Å²) >= 11 is 5.62. The number of nitrogens with zero attached hydrogens (tertiary/aromatic N) is 1. The number of carbonyl (C=O) groups excluding carboxylic acids is 1. The summed E-state index contributed by atoms with van der Waals surface area (Å²) in [4.78, 5) is 13.4. The second-order valence-electron chi connectivity index (χ2n) is 4.13. The van der Waals surface area contributed by atoms with E-state index in [-0.39, 0.29) is 11.8 Å². The Balaban J connectivity index is 2.84. The Bertz CT molecular complexity index is 439. The van der Waals surface area contributed by atoms with Crippen molar-refractivity contribution in [1.82, 2.24) is 4.90 Å². The Morgan fingerprint density at radius 3 is 2.45 bits per heavy atom. The summed E-state index contributed by atoms with van der Waals surface area (Å²) in [5, 5.41) is 0. The maximum absolute atomic E-state index is 11.8. The third-order valence-corrected chi connectivity index (χ3v) is 3.08. The van der Waals surface area contributed by atoms with E-state index in [1.54, 1.807) is 26.2 Å². The van der Waals surface area contributed by atoms with Gasteiger partial charge in [-0.3, -0.25) is 4.79 Å². The first-order valence-electron chi connectivity index (χ1n) is 6.19. The van der Waals surface area contributed by atoms with Crippen LogP contribution in [-0.2, 0) is 16.1 Å². The van der Waals surface area contributed by atoms with Crippen LogP contribution in [0.5, 0.6) is 11.5 Å². The van der Waals surface area contributed by atoms with Gasteiger partial charge in [0.05, 0.1) is 20.8 Å². The molecule has 112 valence electrons. The van der Waals surface area contributed by atoms with Crippen LogP contribution in [0.25, 0.3) is 0 Å². The molecule has 1 rings (SSSR count). The number of ether oxygens (including phenoxy) is 3. The standard InChI is InChI=1S/C14H20ClNO4/c1-18-7-6-16(14(17)9-15)10-11-4-5-12(19-2)13(8-11)20-3/h4-5,8H,6-7,9-10H2,1-3H3. The lowest BCUT2D eigenvalue weighted by atomic mass is 10.2. The number of alkyl halides is 1. The molecule has 0 unspecified atom stereocenters. The largest absolute Gasteiger partial charge is 0.493 e. The van der Waals surface area contributed by atoms with Gasteiger partial charge in [0.15, 0.2) is 11.5 Å². The Kier molecular flexibility index (Phi) is 7.18. The summed E-state index contributed by atoms with van der Waals surface area (Å²) in [7, 11) is 4.76. The first-order valence-corrected chi connectivity index (χ1v) is 6.73. The molecule has 0 aromatic heterocycles. The van der Waals surface area contributed by atoms with E-state index in [0.717, 1.165) is 5.56 Å². The second kappa shape index (κ2) is 8.66. The van der Waals surface area contributed by atoms with E-state index in [0.29, 0.717) is 31.2 Å². The maximum atomic E-state index is 11.8. The summed E-state index contributed by atoms with van der Waals surface area (Å²) in [6.45, 7) is 1.42. The van der Waals surface area contributed by atoms with Crippen molar-refractivity contribution in [3.8, 4) is 11.5 Å². The molecule has 20 heavy (non-hydrogen) atoms. The van der Waals surface area contributed by atoms with Crippen LogP contribution in [-0.4, -0.2) is 51.2 Å². The minimum atomic E-state index is -0.126. The highest BCUT2D eigenvalue weighted by Crippen LogP contribution is 2.28. The molecule has 1 amide bonds. The quantitative estimate of drug-likeness (QED) is 0.688. The van der Waals surface area contributed by atoms with Crippen molar-refractivity contribution in [3.63, 3.8) is 0 Å². The maximum Gasteiger partial charge on any atom is 0.237 e. The van der Waals surface area contributed by atoms with Crippen LogP contribution in [0.15, 0.2) is 18.2 Å². The van der Waals surface area contributed by atoms with E-state index in [9.17, 15) is 4.79 Å². The summed E-state index contributed by atoms with van der Waals surface area (Å²) in [6, 6.07) is 5.55. The van der Waals surface area contributed by atoms with Gasteiger partial charge < -0.3 is 19.1 Å². The fourth-order valence-corrected chi connectivity index (χ4v) is 1.95. The second-order valence-corrected chi connectivity index (χ2v) is 4.40. The predicted molar refractivity (Wildman–Crippen MR) is 77.6 cm³/mol. The molecule has 0 N–H and O–H groups in total. The van der Waals surface area contributed by atoms with Gasteiger partial charge in [0.2, 0.25) is 5.91 Å². The minimum absolute atomic E-state index is 0.0446. The molecule has 0 aliphatic carbocycles. The Morgan fingerprint density at radius 2 is 1.90 bits per heavy atom. The molecule has 0 heterocycles. The molecule has 0 spiro atoms. The predicted octanol–water partition coefficient (Wildman–Crippen LogP) is 1.92. The van der Waals surface area contributed by atoms with Gasteiger partial charge in [-0.1, -0.05) is 6.07 Å². The number of hydrogen-bond donors (Lipinski definition) is 0. The molecule has 0 aliphatic rings. The van der Waals surface area contributed by atoms with Crippen LogP contribution in [0.4, 0.5) is 0 Å². The van der Waals surface area contributed by atoms with E-state index < -0.39 is 0 Å². The molecule has 6 heteroatoms. The molecule has 1 aromatic rings. The van der Waals surface area contributed by atoms with Gasteiger partial charge in [-0.2, -0.15) is 0 Å². The van der Waals surface area contributed by atoms with E-state index in [4.69, 9.17) is 25.8 Å². The topological polar surface area (TPSA) is 48.0 Å². The van der Waals surface area contributed by atoms with Crippen molar-refractivity contribution in [3.05, 3.63) is 23.8 Å². The third kappa shape index (κ3) is 4.58. The zero-order chi connectivity index (χ0) is 15.0. The van der Waals surface area contributed by atoms with Crippen LogP contribution in [0.2, 0.25) is 0 Å². The molecule has 0 saturated heterocycles. The molecule has 5 nitrogen and oxygen atoms in total. The molecule has 0 radical (unpaired) electrons. The highest BCUT2D eigenvalue weighted by atomic mass is 35.5. The average Bonchev–Trinajstić information content (AvgIpc) is 2.50. The lowest BCUT2D eigenvalue weighted by Crippen LogP contribution is -2.34. The Labute approximate surface area is 124 Å². The number of methoxy groups -OCH3 is 3. The van der Waals surface area contributed by atoms with Gasteiger partial charge in [0.1, 0.15) is 5.88 Å². The van der Waals surface area contributed by atoms with Gasteiger partial charge in [-0.25, -0.2) is 0 Å². The van der Waals surface area contributed by atoms with Crippen LogP contribution >= 0.6 is 11.6 Å². The minimum Gasteiger partial charge on any atom is -0.493 e. The van der Waals surface area contributed by atoms with Crippen LogP contribution < -0.4 is 9.47 Å². The van der Waals surface area contributed by atoms with Gasteiger partial charge >= 0.3 is 0 Å². The molecule has 0 aliphatic heterocycles. The van der Waals surface area contributed by atoms with E-state index in [1.807, 2.05) is 18.2 Å².